The number of carbonyl (C=O) groups excluding carboxylic acids is 1. The van der Waals surface area contributed by atoms with Gasteiger partial charge in [-0.1, -0.05) is 19.4 Å². The Hall–Kier alpha value is -0.440. The van der Waals surface area contributed by atoms with Crippen LogP contribution < -0.4 is 5.32 Å². The molecule has 0 aromatic rings. The zero-order valence-electron chi connectivity index (χ0n) is 8.30. The Labute approximate surface area is 84.2 Å². The molecule has 1 amide bonds. The highest BCUT2D eigenvalue weighted by Crippen LogP contribution is 2.21. The van der Waals surface area contributed by atoms with E-state index in [1.165, 1.54) is 11.8 Å². The van der Waals surface area contributed by atoms with Gasteiger partial charge in [-0.3, -0.25) is 4.79 Å². The monoisotopic (exact) mass is 199 g/mol. The second kappa shape index (κ2) is 5.32. The summed E-state index contributed by atoms with van der Waals surface area (Å²) in [6.07, 6.45) is 8.38. The van der Waals surface area contributed by atoms with Crippen LogP contribution in [-0.4, -0.2) is 18.2 Å². The first kappa shape index (κ1) is 10.6. The molecule has 1 rings (SSSR count). The maximum atomic E-state index is 11.5. The zero-order chi connectivity index (χ0) is 9.68. The molecule has 0 spiro atoms. The summed E-state index contributed by atoms with van der Waals surface area (Å²) in [7, 11) is 0. The molecule has 0 saturated heterocycles. The van der Waals surface area contributed by atoms with E-state index in [2.05, 4.69) is 12.2 Å². The molecule has 0 aromatic heterocycles. The molecule has 2 nitrogen and oxygen atoms in total. The first-order valence-corrected chi connectivity index (χ1v) is 6.05. The van der Waals surface area contributed by atoms with Crippen molar-refractivity contribution in [2.45, 2.75) is 38.6 Å². The van der Waals surface area contributed by atoms with Crippen LogP contribution in [0, 0.1) is 0 Å². The average Bonchev–Trinajstić information content (AvgIpc) is 2.90. The summed E-state index contributed by atoms with van der Waals surface area (Å²) < 4.78 is 0. The number of amides is 1. The maximum Gasteiger partial charge on any atom is 0.257 e. The first-order chi connectivity index (χ1) is 6.27. The molecule has 1 saturated carbocycles. The van der Waals surface area contributed by atoms with Gasteiger partial charge in [-0.05, 0) is 25.5 Å². The van der Waals surface area contributed by atoms with Gasteiger partial charge in [-0.2, -0.15) is 0 Å². The van der Waals surface area contributed by atoms with E-state index in [-0.39, 0.29) is 5.91 Å². The Morgan fingerprint density at radius 1 is 1.62 bits per heavy atom. The molecule has 1 fully saturated rings. The number of hydrogen-bond acceptors (Lipinski definition) is 2. The predicted molar refractivity (Wildman–Crippen MR) is 57.7 cm³/mol. The van der Waals surface area contributed by atoms with Crippen LogP contribution in [-0.2, 0) is 4.79 Å². The minimum Gasteiger partial charge on any atom is -0.349 e. The van der Waals surface area contributed by atoms with Crippen molar-refractivity contribution in [3.8, 4) is 0 Å². The maximum absolute atomic E-state index is 11.5. The van der Waals surface area contributed by atoms with Gasteiger partial charge in [0.1, 0.15) is 0 Å². The predicted octanol–water partition coefficient (Wildman–Crippen LogP) is 2.31. The number of hydrogen-bond donors (Lipinski definition) is 1. The molecule has 0 bridgehead atoms. The van der Waals surface area contributed by atoms with Crippen LogP contribution >= 0.6 is 11.8 Å². The molecule has 1 aliphatic carbocycles. The van der Waals surface area contributed by atoms with Crippen LogP contribution in [0.1, 0.15) is 32.6 Å². The van der Waals surface area contributed by atoms with Gasteiger partial charge in [-0.25, -0.2) is 0 Å². The lowest BCUT2D eigenvalue weighted by Crippen LogP contribution is -2.25. The Morgan fingerprint density at radius 3 is 2.77 bits per heavy atom. The van der Waals surface area contributed by atoms with Gasteiger partial charge in [-0.15, -0.1) is 11.8 Å². The minimum absolute atomic E-state index is 0.114. The molecule has 3 heteroatoms. The Morgan fingerprint density at radius 2 is 2.31 bits per heavy atom. The van der Waals surface area contributed by atoms with Gasteiger partial charge in [0.15, 0.2) is 0 Å². The zero-order valence-corrected chi connectivity index (χ0v) is 9.12. The van der Waals surface area contributed by atoms with Gasteiger partial charge < -0.3 is 5.32 Å². The lowest BCUT2D eigenvalue weighted by atomic mass is 10.3. The van der Waals surface area contributed by atoms with Crippen LogP contribution in [0.3, 0.4) is 0 Å². The summed E-state index contributed by atoms with van der Waals surface area (Å²) in [5.74, 6) is 0.114. The van der Waals surface area contributed by atoms with E-state index in [1.54, 1.807) is 0 Å². The fraction of sp³-hybridized carbons (Fsp3) is 0.700. The number of carbonyl (C=O) groups is 1. The topological polar surface area (TPSA) is 29.1 Å². The molecule has 13 heavy (non-hydrogen) atoms. The highest BCUT2D eigenvalue weighted by Gasteiger charge is 2.24. The fourth-order valence-electron chi connectivity index (χ4n) is 1.03. The summed E-state index contributed by atoms with van der Waals surface area (Å²) in [6.45, 7) is 2.12. The Balaban J connectivity index is 2.38. The molecule has 1 N–H and O–H groups in total. The third kappa shape index (κ3) is 3.85. The number of unbranched alkanes of at least 4 members (excludes halogenated alkanes) is 1. The third-order valence-electron chi connectivity index (χ3n) is 1.97. The second-order valence-corrected chi connectivity index (χ2v) is 4.16. The van der Waals surface area contributed by atoms with E-state index < -0.39 is 0 Å². The van der Waals surface area contributed by atoms with Crippen molar-refractivity contribution < 1.29 is 4.79 Å². The molecule has 0 aromatic carbocycles. The SMILES string of the molecule is CCC/C=C(\SC)C(=O)NC1CC1. The average molecular weight is 199 g/mol. The van der Waals surface area contributed by atoms with E-state index in [0.29, 0.717) is 6.04 Å². The highest BCUT2D eigenvalue weighted by atomic mass is 32.2. The van der Waals surface area contributed by atoms with Gasteiger partial charge in [0.25, 0.3) is 5.91 Å². The number of allylic oxidation sites excluding steroid dienone is 1. The lowest BCUT2D eigenvalue weighted by Gasteiger charge is -2.04. The molecule has 1 aliphatic rings. The van der Waals surface area contributed by atoms with Gasteiger partial charge in [0, 0.05) is 6.04 Å². The standard InChI is InChI=1S/C10H17NOS/c1-3-4-5-9(13-2)10(12)11-8-6-7-8/h5,8H,3-4,6-7H2,1-2H3,(H,11,12)/b9-5-. The number of nitrogens with one attached hydrogen (secondary N) is 1. The summed E-state index contributed by atoms with van der Waals surface area (Å²) >= 11 is 1.54. The van der Waals surface area contributed by atoms with Crippen LogP contribution in [0.25, 0.3) is 0 Å². The van der Waals surface area contributed by atoms with Crippen LogP contribution in [0.15, 0.2) is 11.0 Å². The second-order valence-electron chi connectivity index (χ2n) is 3.31. The van der Waals surface area contributed by atoms with Crippen molar-refractivity contribution in [3.63, 3.8) is 0 Å². The molecule has 0 aliphatic heterocycles. The van der Waals surface area contributed by atoms with E-state index in [1.807, 2.05) is 12.3 Å². The van der Waals surface area contributed by atoms with Gasteiger partial charge in [0.2, 0.25) is 0 Å². The Kier molecular flexibility index (Phi) is 4.36. The van der Waals surface area contributed by atoms with Crippen molar-refractivity contribution in [2.75, 3.05) is 6.26 Å². The summed E-state index contributed by atoms with van der Waals surface area (Å²) in [6, 6.07) is 0.463. The highest BCUT2D eigenvalue weighted by molar-refractivity contribution is 8.03. The Bertz CT molecular complexity index is 209. The minimum atomic E-state index is 0.114. The van der Waals surface area contributed by atoms with Crippen molar-refractivity contribution in [1.29, 1.82) is 0 Å². The number of rotatable bonds is 5. The molecule has 74 valence electrons. The first-order valence-electron chi connectivity index (χ1n) is 4.83. The normalized spacial score (nSPS) is 17.2. The van der Waals surface area contributed by atoms with E-state index in [0.717, 1.165) is 30.6 Å². The molecule has 0 radical (unpaired) electrons. The van der Waals surface area contributed by atoms with Crippen molar-refractivity contribution in [3.05, 3.63) is 11.0 Å². The van der Waals surface area contributed by atoms with E-state index >= 15 is 0 Å². The van der Waals surface area contributed by atoms with Crippen molar-refractivity contribution >= 4 is 17.7 Å². The van der Waals surface area contributed by atoms with Crippen LogP contribution in [0.4, 0.5) is 0 Å². The molecule has 0 heterocycles. The largest absolute Gasteiger partial charge is 0.349 e. The third-order valence-corrected chi connectivity index (χ3v) is 2.77. The molecular formula is C10H17NOS. The smallest absolute Gasteiger partial charge is 0.257 e. The quantitative estimate of drug-likeness (QED) is 0.688. The van der Waals surface area contributed by atoms with Crippen molar-refractivity contribution in [2.24, 2.45) is 0 Å². The van der Waals surface area contributed by atoms with Crippen molar-refractivity contribution in [1.82, 2.24) is 5.32 Å². The summed E-state index contributed by atoms with van der Waals surface area (Å²) in [5, 5.41) is 2.99. The van der Waals surface area contributed by atoms with Crippen LogP contribution in [0.5, 0.6) is 0 Å². The molecule has 0 atom stereocenters. The van der Waals surface area contributed by atoms with E-state index in [4.69, 9.17) is 0 Å². The van der Waals surface area contributed by atoms with Crippen LogP contribution in [0.2, 0.25) is 0 Å². The van der Waals surface area contributed by atoms with Gasteiger partial charge >= 0.3 is 0 Å². The fourth-order valence-corrected chi connectivity index (χ4v) is 1.56. The summed E-state index contributed by atoms with van der Waals surface area (Å²) in [4.78, 5) is 12.4. The van der Waals surface area contributed by atoms with Gasteiger partial charge in [0.05, 0.1) is 4.91 Å². The summed E-state index contributed by atoms with van der Waals surface area (Å²) in [5.41, 5.74) is 0. The molecular weight excluding hydrogens is 182 g/mol. The lowest BCUT2D eigenvalue weighted by molar-refractivity contribution is -0.116. The molecule has 0 unspecified atom stereocenters. The number of thioether (sulfide) groups is 1. The van der Waals surface area contributed by atoms with E-state index in [9.17, 15) is 4.79 Å².